The van der Waals surface area contributed by atoms with E-state index < -0.39 is 47.6 Å². The van der Waals surface area contributed by atoms with Crippen molar-refractivity contribution in [1.82, 2.24) is 4.98 Å². The molecule has 1 unspecified atom stereocenters. The molecular weight excluding hydrogens is 449 g/mol. The molecule has 8 nitrogen and oxygen atoms in total. The molecule has 11 heteroatoms. The summed E-state index contributed by atoms with van der Waals surface area (Å²) in [7, 11) is 0. The van der Waals surface area contributed by atoms with E-state index in [2.05, 4.69) is 20.9 Å². The Labute approximate surface area is 167 Å². The van der Waals surface area contributed by atoms with Crippen molar-refractivity contribution in [1.29, 1.82) is 0 Å². The number of rotatable bonds is 5. The molecule has 2 rings (SSSR count). The van der Waals surface area contributed by atoms with Gasteiger partial charge >= 0.3 is 17.9 Å². The molecule has 0 bridgehead atoms. The lowest BCUT2D eigenvalue weighted by molar-refractivity contribution is -0.186. The summed E-state index contributed by atoms with van der Waals surface area (Å²) in [5.74, 6) is -2.75. The first-order chi connectivity index (χ1) is 12.7. The second-order valence-electron chi connectivity index (χ2n) is 5.56. The van der Waals surface area contributed by atoms with Crippen LogP contribution in [0.1, 0.15) is 20.8 Å². The van der Waals surface area contributed by atoms with Crippen molar-refractivity contribution < 1.29 is 37.7 Å². The first-order valence-corrected chi connectivity index (χ1v) is 9.62. The molecule has 2 heterocycles. The minimum absolute atomic E-state index is 0.175. The molecule has 148 valence electrons. The summed E-state index contributed by atoms with van der Waals surface area (Å²) in [6.45, 7) is 3.55. The molecule has 1 aliphatic heterocycles. The highest BCUT2D eigenvalue weighted by molar-refractivity contribution is 9.10. The lowest BCUT2D eigenvalue weighted by Crippen LogP contribution is -2.55. The molecule has 27 heavy (non-hydrogen) atoms. The van der Waals surface area contributed by atoms with Crippen LogP contribution in [0.2, 0.25) is 0 Å². The predicted molar refractivity (Wildman–Crippen MR) is 95.4 cm³/mol. The third-order valence-corrected chi connectivity index (χ3v) is 4.97. The Kier molecular flexibility index (Phi) is 7.42. The Morgan fingerprint density at radius 1 is 1.11 bits per heavy atom. The molecule has 0 radical (unpaired) electrons. The van der Waals surface area contributed by atoms with E-state index in [1.807, 2.05) is 0 Å². The summed E-state index contributed by atoms with van der Waals surface area (Å²) in [6.07, 6.45) is -1.83. The Bertz CT molecular complexity index is 735. The summed E-state index contributed by atoms with van der Waals surface area (Å²) < 4.78 is 35.7. The summed E-state index contributed by atoms with van der Waals surface area (Å²) in [6, 6.07) is 1.37. The smallest absolute Gasteiger partial charge is 0.303 e. The predicted octanol–water partition coefficient (Wildman–Crippen LogP) is 2.23. The number of aromatic nitrogens is 1. The van der Waals surface area contributed by atoms with Crippen molar-refractivity contribution >= 4 is 45.6 Å². The third-order valence-electron chi connectivity index (χ3n) is 3.32. The highest BCUT2D eigenvalue weighted by Gasteiger charge is 2.47. The Morgan fingerprint density at radius 2 is 1.70 bits per heavy atom. The van der Waals surface area contributed by atoms with Gasteiger partial charge in [0.05, 0.1) is 0 Å². The molecule has 0 saturated carbocycles. The van der Waals surface area contributed by atoms with E-state index in [0.29, 0.717) is 4.47 Å². The quantitative estimate of drug-likeness (QED) is 0.367. The van der Waals surface area contributed by atoms with Crippen LogP contribution in [0.3, 0.4) is 0 Å². The highest BCUT2D eigenvalue weighted by Crippen LogP contribution is 2.35. The number of carbonyl (C=O) groups excluding carboxylic acids is 3. The number of hydrogen-bond donors (Lipinski definition) is 0. The van der Waals surface area contributed by atoms with Gasteiger partial charge in [-0.15, -0.1) is 11.8 Å². The SMILES string of the molecule is CC(=O)O[C@H]1[C@H](OC(C)=O)CSC(Oc2cc(Br)cnc2F)[C@@H]1OC(C)=O. The minimum atomic E-state index is -1.13. The van der Waals surface area contributed by atoms with E-state index in [9.17, 15) is 18.8 Å². The van der Waals surface area contributed by atoms with E-state index in [-0.39, 0.29) is 11.5 Å². The maximum atomic E-state index is 13.9. The van der Waals surface area contributed by atoms with Gasteiger partial charge in [0.2, 0.25) is 0 Å². The van der Waals surface area contributed by atoms with E-state index >= 15 is 0 Å². The van der Waals surface area contributed by atoms with E-state index in [4.69, 9.17) is 18.9 Å². The van der Waals surface area contributed by atoms with Crippen LogP contribution in [0.5, 0.6) is 5.75 Å². The van der Waals surface area contributed by atoms with Gasteiger partial charge in [0, 0.05) is 43.3 Å². The molecule has 0 spiro atoms. The molecule has 1 aliphatic rings. The number of carbonyl (C=O) groups is 3. The van der Waals surface area contributed by atoms with Crippen LogP contribution in [0.15, 0.2) is 16.7 Å². The zero-order valence-corrected chi connectivity index (χ0v) is 17.0. The Hall–Kier alpha value is -1.88. The lowest BCUT2D eigenvalue weighted by atomic mass is 10.1. The number of halogens is 2. The van der Waals surface area contributed by atoms with Gasteiger partial charge in [0.25, 0.3) is 5.95 Å². The van der Waals surface area contributed by atoms with Crippen molar-refractivity contribution in [2.45, 2.75) is 44.5 Å². The number of nitrogens with zero attached hydrogens (tertiary/aromatic N) is 1. The molecule has 1 aromatic rings. The van der Waals surface area contributed by atoms with Gasteiger partial charge in [-0.25, -0.2) is 4.98 Å². The fraction of sp³-hybridized carbons (Fsp3) is 0.500. The zero-order chi connectivity index (χ0) is 20.1. The number of thioether (sulfide) groups is 1. The van der Waals surface area contributed by atoms with Crippen LogP contribution in [0, 0.1) is 5.95 Å². The summed E-state index contributed by atoms with van der Waals surface area (Å²) in [4.78, 5) is 38.0. The maximum Gasteiger partial charge on any atom is 0.303 e. The van der Waals surface area contributed by atoms with Gasteiger partial charge in [-0.05, 0) is 15.9 Å². The van der Waals surface area contributed by atoms with Crippen LogP contribution in [0.25, 0.3) is 0 Å². The Balaban J connectivity index is 2.32. The average molecular weight is 466 g/mol. The fourth-order valence-electron chi connectivity index (χ4n) is 2.42. The molecular formula is C16H17BrFNO7S. The summed E-state index contributed by atoms with van der Waals surface area (Å²) in [5.41, 5.74) is -0.921. The first-order valence-electron chi connectivity index (χ1n) is 7.78. The van der Waals surface area contributed by atoms with E-state index in [1.54, 1.807) is 0 Å². The highest BCUT2D eigenvalue weighted by atomic mass is 79.9. The molecule has 1 fully saturated rings. The normalized spacial score (nSPS) is 24.6. The lowest BCUT2D eigenvalue weighted by Gasteiger charge is -2.39. The molecule has 1 saturated heterocycles. The topological polar surface area (TPSA) is 101 Å². The van der Waals surface area contributed by atoms with Gasteiger partial charge < -0.3 is 18.9 Å². The largest absolute Gasteiger partial charge is 0.471 e. The third kappa shape index (κ3) is 6.06. The van der Waals surface area contributed by atoms with Crippen molar-refractivity contribution in [3.05, 3.63) is 22.7 Å². The zero-order valence-electron chi connectivity index (χ0n) is 14.6. The van der Waals surface area contributed by atoms with Crippen molar-refractivity contribution in [3.63, 3.8) is 0 Å². The molecule has 0 amide bonds. The van der Waals surface area contributed by atoms with Gasteiger partial charge in [-0.2, -0.15) is 4.39 Å². The Morgan fingerprint density at radius 3 is 2.30 bits per heavy atom. The second-order valence-corrected chi connectivity index (χ2v) is 7.60. The molecule has 0 aliphatic carbocycles. The first kappa shape index (κ1) is 21.4. The van der Waals surface area contributed by atoms with Crippen LogP contribution >= 0.6 is 27.7 Å². The summed E-state index contributed by atoms with van der Waals surface area (Å²) >= 11 is 4.30. The number of pyridine rings is 1. The number of hydrogen-bond acceptors (Lipinski definition) is 9. The maximum absolute atomic E-state index is 13.9. The average Bonchev–Trinajstić information content (AvgIpc) is 2.55. The van der Waals surface area contributed by atoms with Gasteiger partial charge in [0.1, 0.15) is 0 Å². The van der Waals surface area contributed by atoms with E-state index in [1.165, 1.54) is 33.0 Å². The van der Waals surface area contributed by atoms with E-state index in [0.717, 1.165) is 11.8 Å². The van der Waals surface area contributed by atoms with Crippen LogP contribution in [-0.2, 0) is 28.6 Å². The molecule has 0 aromatic carbocycles. The summed E-state index contributed by atoms with van der Waals surface area (Å²) in [5, 5.41) is 0. The van der Waals surface area contributed by atoms with Gasteiger partial charge in [0.15, 0.2) is 29.5 Å². The van der Waals surface area contributed by atoms with Crippen molar-refractivity contribution in [2.24, 2.45) is 0 Å². The van der Waals surface area contributed by atoms with Crippen molar-refractivity contribution in [2.75, 3.05) is 5.75 Å². The van der Waals surface area contributed by atoms with Gasteiger partial charge in [-0.3, -0.25) is 14.4 Å². The minimum Gasteiger partial charge on any atom is -0.471 e. The number of esters is 3. The fourth-order valence-corrected chi connectivity index (χ4v) is 3.94. The van der Waals surface area contributed by atoms with Gasteiger partial charge in [-0.1, -0.05) is 0 Å². The van der Waals surface area contributed by atoms with Crippen LogP contribution < -0.4 is 4.74 Å². The molecule has 1 aromatic heterocycles. The standard InChI is InChI=1S/C16H17BrFNO7S/c1-7(20)23-12-6-27-16(26-11-4-10(17)5-19-15(11)18)14(25-9(3)22)13(12)24-8(2)21/h4-5,12-14,16H,6H2,1-3H3/t12-,13+,14-,16?/m1/s1. The number of ether oxygens (including phenoxy) is 4. The molecule has 4 atom stereocenters. The van der Waals surface area contributed by atoms with Crippen LogP contribution in [0.4, 0.5) is 4.39 Å². The molecule has 0 N–H and O–H groups in total. The van der Waals surface area contributed by atoms with Crippen molar-refractivity contribution in [3.8, 4) is 5.75 Å². The second kappa shape index (κ2) is 9.36. The van der Waals surface area contributed by atoms with Crippen LogP contribution in [-0.4, -0.2) is 52.4 Å². The monoisotopic (exact) mass is 465 g/mol.